The Bertz CT molecular complexity index is 1220. The first-order valence-electron chi connectivity index (χ1n) is 11.6. The van der Waals surface area contributed by atoms with Gasteiger partial charge in [0.1, 0.15) is 11.5 Å². The Kier molecular flexibility index (Phi) is 6.97. The number of carbonyl (C=O) groups is 2. The Labute approximate surface area is 197 Å². The molecule has 6 nitrogen and oxygen atoms in total. The molecule has 34 heavy (non-hydrogen) atoms. The summed E-state index contributed by atoms with van der Waals surface area (Å²) in [6.45, 7) is 5.07. The van der Waals surface area contributed by atoms with Gasteiger partial charge in [0.2, 0.25) is 5.76 Å². The number of fused-ring (bicyclic) bond motifs is 1. The molecule has 0 unspecified atom stereocenters. The van der Waals surface area contributed by atoms with Gasteiger partial charge in [0.25, 0.3) is 11.8 Å². The van der Waals surface area contributed by atoms with Crippen LogP contribution >= 0.6 is 0 Å². The zero-order chi connectivity index (χ0) is 24.4. The summed E-state index contributed by atoms with van der Waals surface area (Å²) >= 11 is 0. The zero-order valence-electron chi connectivity index (χ0n) is 19.4. The first kappa shape index (κ1) is 23.9. The van der Waals surface area contributed by atoms with E-state index < -0.39 is 29.2 Å². The first-order valence-corrected chi connectivity index (χ1v) is 11.6. The number of nitrogens with two attached hydrogens (primary N) is 1. The molecule has 4 rings (SSSR count). The van der Waals surface area contributed by atoms with Crippen molar-refractivity contribution in [2.24, 2.45) is 5.73 Å². The quantitative estimate of drug-likeness (QED) is 0.471. The highest BCUT2D eigenvalue weighted by Gasteiger charge is 2.25. The van der Waals surface area contributed by atoms with Crippen LogP contribution in [-0.4, -0.2) is 28.8 Å². The van der Waals surface area contributed by atoms with Gasteiger partial charge in [0.15, 0.2) is 11.4 Å². The maximum absolute atomic E-state index is 14.2. The smallest absolute Gasteiger partial charge is 0.286 e. The molecule has 1 fully saturated rings. The number of benzene rings is 2. The summed E-state index contributed by atoms with van der Waals surface area (Å²) in [5.41, 5.74) is 6.19. The third-order valence-electron chi connectivity index (χ3n) is 6.43. The molecule has 180 valence electrons. The Morgan fingerprint density at radius 2 is 1.88 bits per heavy atom. The molecule has 1 heterocycles. The van der Waals surface area contributed by atoms with E-state index in [1.54, 1.807) is 18.2 Å². The molecule has 1 aromatic heterocycles. The number of hydrogen-bond donors (Lipinski definition) is 2. The summed E-state index contributed by atoms with van der Waals surface area (Å²) in [6.07, 6.45) is 6.10. The van der Waals surface area contributed by atoms with Crippen molar-refractivity contribution < 1.29 is 22.8 Å². The summed E-state index contributed by atoms with van der Waals surface area (Å²) in [6, 6.07) is 9.72. The normalized spacial score (nSPS) is 14.8. The molecule has 2 aromatic carbocycles. The van der Waals surface area contributed by atoms with Crippen LogP contribution in [0.25, 0.3) is 11.0 Å². The number of nitrogens with zero attached hydrogens (tertiary/aromatic N) is 1. The standard InChI is InChI=1S/C26H29F2N3O3/c1-15(2)31(19-9-4-3-5-10-19)14-16-7-6-8-17(11-16)26(33)30-22-20-12-18(27)13-21(28)23(20)34-24(22)25(29)32/h6-8,11-13,15,19H,3-5,9-10,14H2,1-2H3,(H2,29,32)(H,30,33). The Balaban J connectivity index is 1.60. The number of halogens is 2. The number of anilines is 1. The monoisotopic (exact) mass is 469 g/mol. The number of rotatable bonds is 7. The average Bonchev–Trinajstić information content (AvgIpc) is 3.17. The van der Waals surface area contributed by atoms with Gasteiger partial charge in [0.05, 0.1) is 5.39 Å². The molecule has 8 heteroatoms. The van der Waals surface area contributed by atoms with E-state index in [1.165, 1.54) is 32.1 Å². The van der Waals surface area contributed by atoms with Crippen LogP contribution in [0.4, 0.5) is 14.5 Å². The van der Waals surface area contributed by atoms with E-state index >= 15 is 0 Å². The fraction of sp³-hybridized carbons (Fsp3) is 0.385. The van der Waals surface area contributed by atoms with Crippen LogP contribution in [0.2, 0.25) is 0 Å². The van der Waals surface area contributed by atoms with Crippen molar-refractivity contribution in [1.82, 2.24) is 4.90 Å². The van der Waals surface area contributed by atoms with E-state index in [0.29, 0.717) is 30.3 Å². The third-order valence-corrected chi connectivity index (χ3v) is 6.43. The number of amides is 2. The minimum Gasteiger partial charge on any atom is -0.446 e. The molecule has 0 radical (unpaired) electrons. The van der Waals surface area contributed by atoms with Gasteiger partial charge >= 0.3 is 0 Å². The van der Waals surface area contributed by atoms with E-state index in [0.717, 1.165) is 11.6 Å². The van der Waals surface area contributed by atoms with Gasteiger partial charge < -0.3 is 15.5 Å². The predicted octanol–water partition coefficient (Wildman–Crippen LogP) is 5.61. The lowest BCUT2D eigenvalue weighted by atomic mass is 9.93. The molecule has 1 saturated carbocycles. The van der Waals surface area contributed by atoms with Crippen molar-refractivity contribution >= 4 is 28.5 Å². The van der Waals surface area contributed by atoms with Crippen LogP contribution in [0.15, 0.2) is 40.8 Å². The molecule has 0 spiro atoms. The van der Waals surface area contributed by atoms with Crippen LogP contribution in [0.3, 0.4) is 0 Å². The van der Waals surface area contributed by atoms with E-state index in [4.69, 9.17) is 10.2 Å². The van der Waals surface area contributed by atoms with Crippen LogP contribution < -0.4 is 11.1 Å². The first-order chi connectivity index (χ1) is 16.2. The highest BCUT2D eigenvalue weighted by Crippen LogP contribution is 2.34. The molecule has 0 bridgehead atoms. The Morgan fingerprint density at radius 3 is 2.56 bits per heavy atom. The molecule has 0 aliphatic heterocycles. The van der Waals surface area contributed by atoms with Gasteiger partial charge in [-0.2, -0.15) is 0 Å². The highest BCUT2D eigenvalue weighted by molar-refractivity contribution is 6.14. The lowest BCUT2D eigenvalue weighted by Crippen LogP contribution is -2.41. The molecular weight excluding hydrogens is 440 g/mol. The summed E-state index contributed by atoms with van der Waals surface area (Å²) in [5.74, 6) is -3.83. The van der Waals surface area contributed by atoms with Crippen molar-refractivity contribution in [2.45, 2.75) is 64.6 Å². The SMILES string of the molecule is CC(C)N(Cc1cccc(C(=O)Nc2c(C(N)=O)oc3c(F)cc(F)cc23)c1)C1CCCCC1. The van der Waals surface area contributed by atoms with Gasteiger partial charge in [-0.15, -0.1) is 0 Å². The Morgan fingerprint density at radius 1 is 1.15 bits per heavy atom. The minimum atomic E-state index is -1.000. The van der Waals surface area contributed by atoms with Crippen molar-refractivity contribution in [3.8, 4) is 0 Å². The molecule has 2 amide bonds. The number of furan rings is 1. The molecule has 3 aromatic rings. The van der Waals surface area contributed by atoms with Crippen molar-refractivity contribution in [1.29, 1.82) is 0 Å². The fourth-order valence-corrected chi connectivity index (χ4v) is 4.78. The van der Waals surface area contributed by atoms with Crippen molar-refractivity contribution in [2.75, 3.05) is 5.32 Å². The van der Waals surface area contributed by atoms with Gasteiger partial charge in [-0.05, 0) is 50.5 Å². The molecule has 3 N–H and O–H groups in total. The maximum atomic E-state index is 14.2. The van der Waals surface area contributed by atoms with Crippen LogP contribution in [0, 0.1) is 11.6 Å². The van der Waals surface area contributed by atoms with Crippen LogP contribution in [0.1, 0.15) is 72.4 Å². The molecule has 1 aliphatic rings. The summed E-state index contributed by atoms with van der Waals surface area (Å²) in [7, 11) is 0. The number of primary amides is 1. The van der Waals surface area contributed by atoms with Crippen LogP contribution in [0.5, 0.6) is 0 Å². The average molecular weight is 470 g/mol. The van der Waals surface area contributed by atoms with Crippen molar-refractivity contribution in [3.63, 3.8) is 0 Å². The molecular formula is C26H29F2N3O3. The minimum absolute atomic E-state index is 0.0703. The third kappa shape index (κ3) is 4.97. The second-order valence-electron chi connectivity index (χ2n) is 9.15. The van der Waals surface area contributed by atoms with E-state index in [2.05, 4.69) is 24.1 Å². The van der Waals surface area contributed by atoms with Gasteiger partial charge in [-0.25, -0.2) is 8.78 Å². The van der Waals surface area contributed by atoms with E-state index in [1.807, 2.05) is 6.07 Å². The topological polar surface area (TPSA) is 88.6 Å². The summed E-state index contributed by atoms with van der Waals surface area (Å²) in [5, 5.41) is 2.50. The maximum Gasteiger partial charge on any atom is 0.286 e. The number of hydrogen-bond acceptors (Lipinski definition) is 4. The fourth-order valence-electron chi connectivity index (χ4n) is 4.78. The number of nitrogens with one attached hydrogen (secondary N) is 1. The van der Waals surface area contributed by atoms with Gasteiger partial charge in [0, 0.05) is 30.3 Å². The van der Waals surface area contributed by atoms with E-state index in [9.17, 15) is 18.4 Å². The predicted molar refractivity (Wildman–Crippen MR) is 127 cm³/mol. The summed E-state index contributed by atoms with van der Waals surface area (Å²) < 4.78 is 33.2. The highest BCUT2D eigenvalue weighted by atomic mass is 19.1. The van der Waals surface area contributed by atoms with Gasteiger partial charge in [-0.1, -0.05) is 31.4 Å². The molecule has 0 atom stereocenters. The molecule has 0 saturated heterocycles. The Hall–Kier alpha value is -3.26. The van der Waals surface area contributed by atoms with Crippen molar-refractivity contribution in [3.05, 3.63) is 64.9 Å². The second-order valence-corrected chi connectivity index (χ2v) is 9.15. The lowest BCUT2D eigenvalue weighted by Gasteiger charge is -2.37. The largest absolute Gasteiger partial charge is 0.446 e. The second kappa shape index (κ2) is 9.93. The number of carbonyl (C=O) groups excluding carboxylic acids is 2. The summed E-state index contributed by atoms with van der Waals surface area (Å²) in [4.78, 5) is 27.4. The molecule has 1 aliphatic carbocycles. The lowest BCUT2D eigenvalue weighted by molar-refractivity contribution is 0.0977. The van der Waals surface area contributed by atoms with Crippen LogP contribution in [-0.2, 0) is 6.54 Å². The zero-order valence-corrected chi connectivity index (χ0v) is 19.4. The van der Waals surface area contributed by atoms with E-state index in [-0.39, 0.29) is 16.7 Å². The van der Waals surface area contributed by atoms with Gasteiger partial charge in [-0.3, -0.25) is 14.5 Å².